The number of rotatable bonds is 3. The van der Waals surface area contributed by atoms with Crippen LogP contribution >= 0.6 is 11.8 Å². The molecule has 110 valence electrons. The van der Waals surface area contributed by atoms with Gasteiger partial charge in [-0.05, 0) is 55.6 Å². The molecule has 1 aromatic rings. The second-order valence-corrected chi connectivity index (χ2v) is 6.39. The molecule has 0 nitrogen and oxygen atoms in total. The summed E-state index contributed by atoms with van der Waals surface area (Å²) in [6.45, 7) is 0. The van der Waals surface area contributed by atoms with Crippen LogP contribution in [-0.2, 0) is 6.18 Å². The molecule has 0 unspecified atom stereocenters. The van der Waals surface area contributed by atoms with Crippen LogP contribution < -0.4 is 0 Å². The summed E-state index contributed by atoms with van der Waals surface area (Å²) >= 11 is 1.94. The van der Waals surface area contributed by atoms with Gasteiger partial charge < -0.3 is 0 Å². The van der Waals surface area contributed by atoms with Gasteiger partial charge in [-0.1, -0.05) is 24.3 Å². The molecule has 1 saturated carbocycles. The highest BCUT2D eigenvalue weighted by molar-refractivity contribution is 7.99. The highest BCUT2D eigenvalue weighted by Gasteiger charge is 2.29. The first-order valence-electron chi connectivity index (χ1n) is 6.87. The zero-order valence-corrected chi connectivity index (χ0v) is 12.3. The molecular weight excluding hydrogens is 281 g/mol. The molecule has 1 aromatic carbocycles. The van der Waals surface area contributed by atoms with Gasteiger partial charge in [-0.3, -0.25) is 0 Å². The summed E-state index contributed by atoms with van der Waals surface area (Å²) in [6, 6.07) is 5.36. The lowest BCUT2D eigenvalue weighted by Gasteiger charge is -2.25. The summed E-state index contributed by atoms with van der Waals surface area (Å²) in [4.78, 5) is 0. The molecule has 20 heavy (non-hydrogen) atoms. The molecule has 1 fully saturated rings. The minimum absolute atomic E-state index is 0.570. The molecule has 0 spiro atoms. The standard InChI is InChI=1S/C16H19F3S/c1-20-15-10-6-13(7-11-15)3-2-12-4-8-14(9-5-12)16(17,18)19/h2-5,8-9,13,15H,6-7,10-11H2,1H3/b3-2+. The van der Waals surface area contributed by atoms with Crippen LogP contribution in [-0.4, -0.2) is 11.5 Å². The molecule has 1 aliphatic rings. The number of hydrogen-bond acceptors (Lipinski definition) is 1. The van der Waals surface area contributed by atoms with Crippen LogP contribution in [0.4, 0.5) is 13.2 Å². The van der Waals surface area contributed by atoms with Crippen molar-refractivity contribution in [2.45, 2.75) is 37.1 Å². The average molecular weight is 300 g/mol. The second kappa shape index (κ2) is 6.70. The van der Waals surface area contributed by atoms with E-state index < -0.39 is 11.7 Å². The highest BCUT2D eigenvalue weighted by atomic mass is 32.2. The monoisotopic (exact) mass is 300 g/mol. The largest absolute Gasteiger partial charge is 0.416 e. The van der Waals surface area contributed by atoms with Crippen LogP contribution in [0.5, 0.6) is 0 Å². The van der Waals surface area contributed by atoms with Gasteiger partial charge in [0, 0.05) is 5.25 Å². The predicted molar refractivity (Wildman–Crippen MR) is 79.7 cm³/mol. The fraction of sp³-hybridized carbons (Fsp3) is 0.500. The number of halogens is 3. The van der Waals surface area contributed by atoms with Gasteiger partial charge in [0.1, 0.15) is 0 Å². The minimum atomic E-state index is -4.25. The van der Waals surface area contributed by atoms with Gasteiger partial charge in [-0.2, -0.15) is 24.9 Å². The number of hydrogen-bond donors (Lipinski definition) is 0. The summed E-state index contributed by atoms with van der Waals surface area (Å²) < 4.78 is 37.3. The maximum Gasteiger partial charge on any atom is 0.416 e. The summed E-state index contributed by atoms with van der Waals surface area (Å²) in [5.74, 6) is 0.570. The average Bonchev–Trinajstić information content (AvgIpc) is 2.45. The van der Waals surface area contributed by atoms with Gasteiger partial charge in [-0.25, -0.2) is 0 Å². The van der Waals surface area contributed by atoms with E-state index in [1.165, 1.54) is 37.8 Å². The van der Waals surface area contributed by atoms with E-state index in [1.807, 2.05) is 17.8 Å². The number of benzene rings is 1. The van der Waals surface area contributed by atoms with Crippen molar-refractivity contribution in [3.8, 4) is 0 Å². The quantitative estimate of drug-likeness (QED) is 0.696. The molecule has 0 heterocycles. The Hall–Kier alpha value is -0.900. The summed E-state index contributed by atoms with van der Waals surface area (Å²) in [5, 5.41) is 0.783. The Bertz CT molecular complexity index is 440. The van der Waals surface area contributed by atoms with Gasteiger partial charge in [0.2, 0.25) is 0 Å². The molecule has 4 heteroatoms. The number of allylic oxidation sites excluding steroid dienone is 1. The van der Waals surface area contributed by atoms with Crippen molar-refractivity contribution in [3.63, 3.8) is 0 Å². The molecule has 0 radical (unpaired) electrons. The molecule has 0 aromatic heterocycles. The van der Waals surface area contributed by atoms with Crippen molar-refractivity contribution in [1.29, 1.82) is 0 Å². The molecule has 0 saturated heterocycles. The lowest BCUT2D eigenvalue weighted by atomic mass is 9.88. The molecule has 2 rings (SSSR count). The van der Waals surface area contributed by atoms with E-state index in [9.17, 15) is 13.2 Å². The van der Waals surface area contributed by atoms with Crippen LogP contribution in [0, 0.1) is 5.92 Å². The van der Waals surface area contributed by atoms with Crippen LogP contribution in [0.2, 0.25) is 0 Å². The zero-order valence-electron chi connectivity index (χ0n) is 11.5. The van der Waals surface area contributed by atoms with Crippen LogP contribution in [0.25, 0.3) is 6.08 Å². The first kappa shape index (κ1) is 15.5. The Morgan fingerprint density at radius 2 is 1.65 bits per heavy atom. The van der Waals surface area contributed by atoms with E-state index in [2.05, 4.69) is 12.3 Å². The van der Waals surface area contributed by atoms with E-state index in [1.54, 1.807) is 0 Å². The molecule has 0 amide bonds. The van der Waals surface area contributed by atoms with Crippen molar-refractivity contribution in [3.05, 3.63) is 41.5 Å². The Labute approximate surface area is 122 Å². The van der Waals surface area contributed by atoms with E-state index in [0.717, 1.165) is 22.9 Å². The third-order valence-electron chi connectivity index (χ3n) is 3.85. The van der Waals surface area contributed by atoms with E-state index in [4.69, 9.17) is 0 Å². The van der Waals surface area contributed by atoms with Crippen molar-refractivity contribution in [2.24, 2.45) is 5.92 Å². The molecular formula is C16H19F3S. The lowest BCUT2D eigenvalue weighted by Crippen LogP contribution is -2.14. The Balaban J connectivity index is 1.92. The maximum absolute atomic E-state index is 12.4. The molecule has 0 N–H and O–H groups in total. The minimum Gasteiger partial charge on any atom is -0.166 e. The predicted octanol–water partition coefficient (Wildman–Crippen LogP) is 5.64. The SMILES string of the molecule is CSC1CCC(/C=C/c2ccc(C(F)(F)F)cc2)CC1. The van der Waals surface area contributed by atoms with Crippen LogP contribution in [0.1, 0.15) is 36.8 Å². The van der Waals surface area contributed by atoms with Crippen molar-refractivity contribution in [2.75, 3.05) is 6.26 Å². The van der Waals surface area contributed by atoms with Crippen LogP contribution in [0.3, 0.4) is 0 Å². The molecule has 1 aliphatic carbocycles. The molecule has 0 aliphatic heterocycles. The van der Waals surface area contributed by atoms with Gasteiger partial charge in [0.25, 0.3) is 0 Å². The maximum atomic E-state index is 12.4. The summed E-state index contributed by atoms with van der Waals surface area (Å²) in [6.07, 6.45) is 6.85. The first-order chi connectivity index (χ1) is 9.49. The normalized spacial score (nSPS) is 24.2. The third kappa shape index (κ3) is 4.30. The summed E-state index contributed by atoms with van der Waals surface area (Å²) in [5.41, 5.74) is 0.250. The van der Waals surface area contributed by atoms with Gasteiger partial charge in [-0.15, -0.1) is 0 Å². The molecule has 0 atom stereocenters. The van der Waals surface area contributed by atoms with Gasteiger partial charge in [0.05, 0.1) is 5.56 Å². The number of alkyl halides is 3. The Kier molecular flexibility index (Phi) is 5.19. The Morgan fingerprint density at radius 1 is 1.05 bits per heavy atom. The first-order valence-corrected chi connectivity index (χ1v) is 8.16. The van der Waals surface area contributed by atoms with E-state index in [-0.39, 0.29) is 0 Å². The fourth-order valence-electron chi connectivity index (χ4n) is 2.55. The lowest BCUT2D eigenvalue weighted by molar-refractivity contribution is -0.137. The highest BCUT2D eigenvalue weighted by Crippen LogP contribution is 2.32. The topological polar surface area (TPSA) is 0 Å². The van der Waals surface area contributed by atoms with Gasteiger partial charge >= 0.3 is 6.18 Å². The van der Waals surface area contributed by atoms with E-state index in [0.29, 0.717) is 5.92 Å². The van der Waals surface area contributed by atoms with Crippen molar-refractivity contribution >= 4 is 17.8 Å². The second-order valence-electron chi connectivity index (χ2n) is 5.25. The Morgan fingerprint density at radius 3 is 2.15 bits per heavy atom. The molecule has 0 bridgehead atoms. The zero-order chi connectivity index (χ0) is 14.6. The van der Waals surface area contributed by atoms with Crippen molar-refractivity contribution in [1.82, 2.24) is 0 Å². The summed E-state index contributed by atoms with van der Waals surface area (Å²) in [7, 11) is 0. The number of thioether (sulfide) groups is 1. The van der Waals surface area contributed by atoms with Crippen molar-refractivity contribution < 1.29 is 13.2 Å². The third-order valence-corrected chi connectivity index (χ3v) is 4.99. The van der Waals surface area contributed by atoms with Gasteiger partial charge in [0.15, 0.2) is 0 Å². The smallest absolute Gasteiger partial charge is 0.166 e. The van der Waals surface area contributed by atoms with E-state index >= 15 is 0 Å². The van der Waals surface area contributed by atoms with Crippen LogP contribution in [0.15, 0.2) is 30.3 Å². The fourth-order valence-corrected chi connectivity index (χ4v) is 3.29.